The third kappa shape index (κ3) is 4.87. The highest BCUT2D eigenvalue weighted by Gasteiger charge is 2.22. The number of carbonyl (C=O) groups is 1. The number of aliphatic hydroxyl groups excluding tert-OH is 1. The minimum Gasteiger partial charge on any atom is -0.392 e. The van der Waals surface area contributed by atoms with Crippen molar-refractivity contribution in [2.24, 2.45) is 0 Å². The lowest BCUT2D eigenvalue weighted by Gasteiger charge is -2.27. The minimum absolute atomic E-state index is 0.162. The van der Waals surface area contributed by atoms with Crippen molar-refractivity contribution >= 4 is 6.03 Å². The summed E-state index contributed by atoms with van der Waals surface area (Å²) in [5.74, 6) is 0. The summed E-state index contributed by atoms with van der Waals surface area (Å²) in [6, 6.07) is 3.72. The number of aromatic nitrogens is 1. The van der Waals surface area contributed by atoms with Crippen LogP contribution in [0.1, 0.15) is 26.3 Å². The molecule has 0 bridgehead atoms. The van der Waals surface area contributed by atoms with E-state index in [-0.39, 0.29) is 11.4 Å². The molecule has 5 heteroatoms. The Kier molecular flexibility index (Phi) is 5.30. The SMILES string of the molecule is CC(O)CN(C)C(=O)NCC(C)(C)c1ccncc1. The van der Waals surface area contributed by atoms with E-state index in [1.165, 1.54) is 4.90 Å². The Morgan fingerprint density at radius 1 is 1.47 bits per heavy atom. The average Bonchev–Trinajstić information content (AvgIpc) is 2.36. The second kappa shape index (κ2) is 6.52. The highest BCUT2D eigenvalue weighted by Crippen LogP contribution is 2.21. The van der Waals surface area contributed by atoms with E-state index in [9.17, 15) is 9.90 Å². The van der Waals surface area contributed by atoms with Gasteiger partial charge in [-0.05, 0) is 24.6 Å². The van der Waals surface area contributed by atoms with Crippen LogP contribution in [0.4, 0.5) is 4.79 Å². The molecule has 0 aliphatic heterocycles. The monoisotopic (exact) mass is 265 g/mol. The first-order valence-electron chi connectivity index (χ1n) is 6.40. The van der Waals surface area contributed by atoms with Crippen molar-refractivity contribution in [3.05, 3.63) is 30.1 Å². The summed E-state index contributed by atoms with van der Waals surface area (Å²) in [4.78, 5) is 17.3. The molecule has 106 valence electrons. The standard InChI is InChI=1S/C14H23N3O2/c1-11(18)9-17(4)13(19)16-10-14(2,3)12-5-7-15-8-6-12/h5-8,11,18H,9-10H2,1-4H3,(H,16,19). The molecule has 0 aliphatic carbocycles. The molecule has 0 aromatic carbocycles. The van der Waals surface area contributed by atoms with Crippen molar-refractivity contribution in [3.8, 4) is 0 Å². The van der Waals surface area contributed by atoms with Crippen molar-refractivity contribution in [2.45, 2.75) is 32.3 Å². The van der Waals surface area contributed by atoms with Crippen LogP contribution in [0.2, 0.25) is 0 Å². The van der Waals surface area contributed by atoms with E-state index in [1.807, 2.05) is 12.1 Å². The van der Waals surface area contributed by atoms with Gasteiger partial charge in [0.15, 0.2) is 0 Å². The summed E-state index contributed by atoms with van der Waals surface area (Å²) in [7, 11) is 1.67. The molecule has 1 rings (SSSR count). The first-order valence-corrected chi connectivity index (χ1v) is 6.40. The summed E-state index contributed by atoms with van der Waals surface area (Å²) in [5.41, 5.74) is 0.963. The minimum atomic E-state index is -0.524. The quantitative estimate of drug-likeness (QED) is 0.845. The lowest BCUT2D eigenvalue weighted by atomic mass is 9.85. The van der Waals surface area contributed by atoms with Crippen molar-refractivity contribution in [2.75, 3.05) is 20.1 Å². The van der Waals surface area contributed by atoms with Gasteiger partial charge >= 0.3 is 6.03 Å². The van der Waals surface area contributed by atoms with Crippen LogP contribution in [0.3, 0.4) is 0 Å². The lowest BCUT2D eigenvalue weighted by Crippen LogP contribution is -2.45. The molecule has 1 heterocycles. The van der Waals surface area contributed by atoms with E-state index < -0.39 is 6.10 Å². The van der Waals surface area contributed by atoms with Crippen molar-refractivity contribution in [1.29, 1.82) is 0 Å². The molecule has 5 nitrogen and oxygen atoms in total. The number of likely N-dealkylation sites (N-methyl/N-ethyl adjacent to an activating group) is 1. The zero-order valence-electron chi connectivity index (χ0n) is 12.1. The summed E-state index contributed by atoms with van der Waals surface area (Å²) in [6.45, 7) is 6.64. The van der Waals surface area contributed by atoms with Crippen LogP contribution < -0.4 is 5.32 Å². The zero-order valence-corrected chi connectivity index (χ0v) is 12.1. The molecule has 0 saturated heterocycles. The molecule has 0 fully saturated rings. The van der Waals surface area contributed by atoms with Gasteiger partial charge in [0.2, 0.25) is 0 Å². The Hall–Kier alpha value is -1.62. The highest BCUT2D eigenvalue weighted by atomic mass is 16.3. The Labute approximate surface area is 114 Å². The number of pyridine rings is 1. The van der Waals surface area contributed by atoms with Gasteiger partial charge in [0.25, 0.3) is 0 Å². The molecule has 0 spiro atoms. The van der Waals surface area contributed by atoms with Gasteiger partial charge in [0.1, 0.15) is 0 Å². The van der Waals surface area contributed by atoms with E-state index in [2.05, 4.69) is 24.1 Å². The second-order valence-corrected chi connectivity index (χ2v) is 5.51. The summed E-state index contributed by atoms with van der Waals surface area (Å²) in [6.07, 6.45) is 2.97. The molecular formula is C14H23N3O2. The van der Waals surface area contributed by atoms with Crippen LogP contribution in [0.15, 0.2) is 24.5 Å². The molecule has 1 aromatic heterocycles. The number of hydrogen-bond acceptors (Lipinski definition) is 3. The number of hydrogen-bond donors (Lipinski definition) is 2. The molecule has 0 saturated carbocycles. The fourth-order valence-electron chi connectivity index (χ4n) is 1.82. The lowest BCUT2D eigenvalue weighted by molar-refractivity contribution is 0.143. The van der Waals surface area contributed by atoms with Crippen LogP contribution in [-0.4, -0.2) is 47.3 Å². The first kappa shape index (κ1) is 15.4. The summed E-state index contributed by atoms with van der Waals surface area (Å²) in [5, 5.41) is 12.1. The van der Waals surface area contributed by atoms with Gasteiger partial charge in [-0.25, -0.2) is 4.79 Å². The Morgan fingerprint density at radius 2 is 2.05 bits per heavy atom. The maximum atomic E-state index is 11.8. The van der Waals surface area contributed by atoms with Crippen molar-refractivity contribution < 1.29 is 9.90 Å². The van der Waals surface area contributed by atoms with E-state index in [1.54, 1.807) is 26.4 Å². The largest absolute Gasteiger partial charge is 0.392 e. The van der Waals surface area contributed by atoms with Gasteiger partial charge in [-0.3, -0.25) is 4.98 Å². The van der Waals surface area contributed by atoms with Crippen LogP contribution in [0, 0.1) is 0 Å². The average molecular weight is 265 g/mol. The first-order chi connectivity index (χ1) is 8.83. The van der Waals surface area contributed by atoms with Crippen LogP contribution in [-0.2, 0) is 5.41 Å². The highest BCUT2D eigenvalue weighted by molar-refractivity contribution is 5.74. The zero-order chi connectivity index (χ0) is 14.5. The van der Waals surface area contributed by atoms with E-state index in [0.717, 1.165) is 5.56 Å². The van der Waals surface area contributed by atoms with Crippen LogP contribution in [0.5, 0.6) is 0 Å². The fourth-order valence-corrected chi connectivity index (χ4v) is 1.82. The number of nitrogens with one attached hydrogen (secondary N) is 1. The normalized spacial score (nSPS) is 12.9. The molecule has 19 heavy (non-hydrogen) atoms. The third-order valence-electron chi connectivity index (χ3n) is 3.03. The molecule has 2 amide bonds. The Bertz CT molecular complexity index is 404. The smallest absolute Gasteiger partial charge is 0.317 e. The molecule has 1 aromatic rings. The van der Waals surface area contributed by atoms with E-state index >= 15 is 0 Å². The fraction of sp³-hybridized carbons (Fsp3) is 0.571. The maximum Gasteiger partial charge on any atom is 0.317 e. The molecule has 0 aliphatic rings. The van der Waals surface area contributed by atoms with Gasteiger partial charge in [-0.1, -0.05) is 13.8 Å². The van der Waals surface area contributed by atoms with Gasteiger partial charge < -0.3 is 15.3 Å². The predicted octanol–water partition coefficient (Wildman–Crippen LogP) is 1.38. The number of nitrogens with zero attached hydrogens (tertiary/aromatic N) is 2. The number of rotatable bonds is 5. The molecular weight excluding hydrogens is 242 g/mol. The molecule has 1 atom stereocenters. The maximum absolute atomic E-state index is 11.8. The van der Waals surface area contributed by atoms with E-state index in [0.29, 0.717) is 13.1 Å². The molecule has 1 unspecified atom stereocenters. The van der Waals surface area contributed by atoms with Crippen molar-refractivity contribution in [1.82, 2.24) is 15.2 Å². The molecule has 2 N–H and O–H groups in total. The van der Waals surface area contributed by atoms with Crippen LogP contribution in [0.25, 0.3) is 0 Å². The molecule has 0 radical (unpaired) electrons. The Balaban J connectivity index is 2.54. The van der Waals surface area contributed by atoms with Crippen LogP contribution >= 0.6 is 0 Å². The van der Waals surface area contributed by atoms with Gasteiger partial charge in [0.05, 0.1) is 6.10 Å². The number of amides is 2. The van der Waals surface area contributed by atoms with Gasteiger partial charge in [-0.15, -0.1) is 0 Å². The van der Waals surface area contributed by atoms with Gasteiger partial charge in [0, 0.05) is 37.9 Å². The predicted molar refractivity (Wildman–Crippen MR) is 75.0 cm³/mol. The summed E-state index contributed by atoms with van der Waals surface area (Å²) < 4.78 is 0. The van der Waals surface area contributed by atoms with Crippen molar-refractivity contribution in [3.63, 3.8) is 0 Å². The summed E-state index contributed by atoms with van der Waals surface area (Å²) >= 11 is 0. The third-order valence-corrected chi connectivity index (χ3v) is 3.03. The topological polar surface area (TPSA) is 65.5 Å². The Morgan fingerprint density at radius 3 is 2.58 bits per heavy atom. The van der Waals surface area contributed by atoms with Gasteiger partial charge in [-0.2, -0.15) is 0 Å². The number of aliphatic hydroxyl groups is 1. The number of urea groups is 1. The second-order valence-electron chi connectivity index (χ2n) is 5.51. The van der Waals surface area contributed by atoms with E-state index in [4.69, 9.17) is 0 Å². The number of carbonyl (C=O) groups excluding carboxylic acids is 1.